The van der Waals surface area contributed by atoms with Gasteiger partial charge in [-0.15, -0.1) is 0 Å². The van der Waals surface area contributed by atoms with Crippen molar-refractivity contribution >= 4 is 11.6 Å². The van der Waals surface area contributed by atoms with Crippen molar-refractivity contribution in [2.24, 2.45) is 5.73 Å². The third-order valence-corrected chi connectivity index (χ3v) is 3.69. The van der Waals surface area contributed by atoms with Gasteiger partial charge in [0, 0.05) is 5.02 Å². The summed E-state index contributed by atoms with van der Waals surface area (Å²) in [5.41, 5.74) is 9.77. The first-order valence-corrected chi connectivity index (χ1v) is 6.70. The molecule has 1 nitrogen and oxygen atoms in total. The van der Waals surface area contributed by atoms with E-state index in [0.717, 1.165) is 17.5 Å². The Bertz CT molecular complexity index is 578. The van der Waals surface area contributed by atoms with Crippen molar-refractivity contribution in [2.45, 2.75) is 26.3 Å². The highest BCUT2D eigenvalue weighted by atomic mass is 35.5. The molecule has 0 radical (unpaired) electrons. The first-order valence-electron chi connectivity index (χ1n) is 6.33. The first kappa shape index (κ1) is 14.0. The van der Waals surface area contributed by atoms with Crippen molar-refractivity contribution in [1.82, 2.24) is 0 Å². The Labute approximate surface area is 118 Å². The molecule has 0 amide bonds. The van der Waals surface area contributed by atoms with Gasteiger partial charge in [0.1, 0.15) is 5.82 Å². The third kappa shape index (κ3) is 2.96. The highest BCUT2D eigenvalue weighted by molar-refractivity contribution is 6.31. The van der Waals surface area contributed by atoms with Crippen LogP contribution in [0.3, 0.4) is 0 Å². The number of nitrogens with two attached hydrogens (primary N) is 1. The monoisotopic (exact) mass is 277 g/mol. The van der Waals surface area contributed by atoms with Crippen LogP contribution in [-0.2, 0) is 6.42 Å². The first-order chi connectivity index (χ1) is 9.02. The third-order valence-electron chi connectivity index (χ3n) is 3.36. The van der Waals surface area contributed by atoms with E-state index in [0.29, 0.717) is 10.6 Å². The zero-order valence-corrected chi connectivity index (χ0v) is 11.8. The lowest BCUT2D eigenvalue weighted by Gasteiger charge is -2.16. The SMILES string of the molecule is CCc1ccc(C(N)c2cc(C)c(F)cc2Cl)cc1. The molecule has 0 aliphatic carbocycles. The fourth-order valence-electron chi connectivity index (χ4n) is 2.06. The van der Waals surface area contributed by atoms with E-state index in [2.05, 4.69) is 19.1 Å². The van der Waals surface area contributed by atoms with Gasteiger partial charge in [-0.25, -0.2) is 4.39 Å². The van der Waals surface area contributed by atoms with E-state index in [1.165, 1.54) is 11.6 Å². The fourth-order valence-corrected chi connectivity index (χ4v) is 2.33. The van der Waals surface area contributed by atoms with E-state index in [1.54, 1.807) is 13.0 Å². The number of rotatable bonds is 3. The smallest absolute Gasteiger partial charge is 0.127 e. The number of benzene rings is 2. The van der Waals surface area contributed by atoms with Gasteiger partial charge in [0.25, 0.3) is 0 Å². The van der Waals surface area contributed by atoms with E-state index in [4.69, 9.17) is 17.3 Å². The quantitative estimate of drug-likeness (QED) is 0.884. The zero-order valence-electron chi connectivity index (χ0n) is 11.1. The largest absolute Gasteiger partial charge is 0.320 e. The minimum Gasteiger partial charge on any atom is -0.320 e. The number of hydrogen-bond donors (Lipinski definition) is 1. The van der Waals surface area contributed by atoms with Crippen molar-refractivity contribution in [1.29, 1.82) is 0 Å². The van der Waals surface area contributed by atoms with Crippen molar-refractivity contribution in [3.05, 3.63) is 69.5 Å². The summed E-state index contributed by atoms with van der Waals surface area (Å²) in [4.78, 5) is 0. The molecule has 19 heavy (non-hydrogen) atoms. The van der Waals surface area contributed by atoms with Crippen LogP contribution in [0.25, 0.3) is 0 Å². The van der Waals surface area contributed by atoms with E-state index in [-0.39, 0.29) is 11.9 Å². The van der Waals surface area contributed by atoms with Crippen molar-refractivity contribution in [3.63, 3.8) is 0 Å². The average Bonchev–Trinajstić information content (AvgIpc) is 2.42. The summed E-state index contributed by atoms with van der Waals surface area (Å²) in [6.45, 7) is 3.82. The highest BCUT2D eigenvalue weighted by Crippen LogP contribution is 2.29. The predicted octanol–water partition coefficient (Wildman–Crippen LogP) is 4.40. The van der Waals surface area contributed by atoms with Crippen molar-refractivity contribution in [3.8, 4) is 0 Å². The summed E-state index contributed by atoms with van der Waals surface area (Å²) >= 11 is 6.08. The molecule has 0 aliphatic rings. The second-order valence-corrected chi connectivity index (χ2v) is 5.10. The predicted molar refractivity (Wildman–Crippen MR) is 78.0 cm³/mol. The van der Waals surface area contributed by atoms with Crippen LogP contribution in [0, 0.1) is 12.7 Å². The summed E-state index contributed by atoms with van der Waals surface area (Å²) in [6.07, 6.45) is 0.992. The van der Waals surface area contributed by atoms with Crippen LogP contribution in [0.5, 0.6) is 0 Å². The molecule has 0 spiro atoms. The highest BCUT2D eigenvalue weighted by Gasteiger charge is 2.14. The Kier molecular flexibility index (Phi) is 4.23. The Morgan fingerprint density at radius 1 is 1.21 bits per heavy atom. The second-order valence-electron chi connectivity index (χ2n) is 4.70. The molecule has 0 saturated heterocycles. The van der Waals surface area contributed by atoms with Crippen LogP contribution in [0.4, 0.5) is 4.39 Å². The van der Waals surface area contributed by atoms with Crippen LogP contribution in [0.2, 0.25) is 5.02 Å². The lowest BCUT2D eigenvalue weighted by atomic mass is 9.97. The Morgan fingerprint density at radius 2 is 1.84 bits per heavy atom. The lowest BCUT2D eigenvalue weighted by Crippen LogP contribution is -2.13. The standard InChI is InChI=1S/C16H17ClFN/c1-3-11-4-6-12(7-5-11)16(19)13-8-10(2)15(18)9-14(13)17/h4-9,16H,3,19H2,1-2H3. The summed E-state index contributed by atoms with van der Waals surface area (Å²) in [7, 11) is 0. The molecule has 0 saturated carbocycles. The topological polar surface area (TPSA) is 26.0 Å². The molecule has 1 unspecified atom stereocenters. The molecule has 0 heterocycles. The van der Waals surface area contributed by atoms with Gasteiger partial charge in [-0.2, -0.15) is 0 Å². The van der Waals surface area contributed by atoms with Gasteiger partial charge in [-0.1, -0.05) is 42.8 Å². The van der Waals surface area contributed by atoms with Gasteiger partial charge in [0.2, 0.25) is 0 Å². The Balaban J connectivity index is 2.37. The van der Waals surface area contributed by atoms with Crippen LogP contribution >= 0.6 is 11.6 Å². The van der Waals surface area contributed by atoms with Gasteiger partial charge in [-0.05, 0) is 47.7 Å². The van der Waals surface area contributed by atoms with Gasteiger partial charge < -0.3 is 5.73 Å². The van der Waals surface area contributed by atoms with Gasteiger partial charge in [-0.3, -0.25) is 0 Å². The minimum absolute atomic E-state index is 0.303. The second kappa shape index (κ2) is 5.72. The van der Waals surface area contributed by atoms with Crippen LogP contribution in [0.1, 0.15) is 35.2 Å². The van der Waals surface area contributed by atoms with Crippen LogP contribution in [0.15, 0.2) is 36.4 Å². The zero-order chi connectivity index (χ0) is 14.0. The lowest BCUT2D eigenvalue weighted by molar-refractivity contribution is 0.617. The van der Waals surface area contributed by atoms with Gasteiger partial charge in [0.15, 0.2) is 0 Å². The molecule has 2 N–H and O–H groups in total. The molecular weight excluding hydrogens is 261 g/mol. The molecule has 0 aromatic heterocycles. The maximum Gasteiger partial charge on any atom is 0.127 e. The maximum atomic E-state index is 13.4. The number of aryl methyl sites for hydroxylation is 2. The normalized spacial score (nSPS) is 12.5. The molecule has 0 bridgehead atoms. The van der Waals surface area contributed by atoms with Gasteiger partial charge >= 0.3 is 0 Å². The Hall–Kier alpha value is -1.38. The summed E-state index contributed by atoms with van der Waals surface area (Å²) in [5.74, 6) is -0.303. The molecule has 3 heteroatoms. The summed E-state index contributed by atoms with van der Waals surface area (Å²) < 4.78 is 13.4. The number of halogens is 2. The summed E-state index contributed by atoms with van der Waals surface area (Å²) in [5, 5.41) is 0.371. The van der Waals surface area contributed by atoms with E-state index >= 15 is 0 Å². The molecule has 0 fully saturated rings. The molecule has 2 rings (SSSR count). The fraction of sp³-hybridized carbons (Fsp3) is 0.250. The minimum atomic E-state index is -0.335. The molecule has 100 valence electrons. The summed E-state index contributed by atoms with van der Waals surface area (Å²) in [6, 6.07) is 10.8. The molecule has 2 aromatic rings. The number of hydrogen-bond acceptors (Lipinski definition) is 1. The van der Waals surface area contributed by atoms with Crippen LogP contribution in [-0.4, -0.2) is 0 Å². The van der Waals surface area contributed by atoms with Crippen LogP contribution < -0.4 is 5.73 Å². The van der Waals surface area contributed by atoms with Gasteiger partial charge in [0.05, 0.1) is 6.04 Å². The van der Waals surface area contributed by atoms with E-state index in [1.807, 2.05) is 12.1 Å². The van der Waals surface area contributed by atoms with Crippen molar-refractivity contribution in [2.75, 3.05) is 0 Å². The molecule has 1 atom stereocenters. The maximum absolute atomic E-state index is 13.4. The average molecular weight is 278 g/mol. The van der Waals surface area contributed by atoms with E-state index in [9.17, 15) is 4.39 Å². The van der Waals surface area contributed by atoms with E-state index < -0.39 is 0 Å². The molecular formula is C16H17ClFN. The molecule has 0 aliphatic heterocycles. The molecule has 2 aromatic carbocycles. The van der Waals surface area contributed by atoms with Crippen molar-refractivity contribution < 1.29 is 4.39 Å². The Morgan fingerprint density at radius 3 is 2.42 bits per heavy atom.